The number of benzene rings is 1. The molecule has 2 amide bonds. The van der Waals surface area contributed by atoms with Crippen molar-refractivity contribution in [3.63, 3.8) is 0 Å². The lowest BCUT2D eigenvalue weighted by molar-refractivity contribution is -0.0265. The molecule has 1 rings (SSSR count). The number of ether oxygens (including phenoxy) is 2. The highest BCUT2D eigenvalue weighted by atomic mass is 16.6. The third-order valence-electron chi connectivity index (χ3n) is 4.83. The second-order valence-electron chi connectivity index (χ2n) is 9.03. The standard InChI is InChI=1S/C23H36N2O8/c1-22(2,9-11-26)32-19(28)17-12-16(8-6-5-7-10-24-21(30)25-31)13-18(14-17)20(29)33-23(3,4)15-27/h12-14,26-27,31H,5-11,15H2,1-4H3,(H2,24,25,30). The van der Waals surface area contributed by atoms with Gasteiger partial charge in [-0.3, -0.25) is 5.21 Å². The van der Waals surface area contributed by atoms with Crippen LogP contribution in [-0.4, -0.2) is 64.4 Å². The SMILES string of the molecule is CC(C)(CO)OC(=O)c1cc(CCCCCNC(=O)NO)cc(C(=O)OC(C)(C)CCO)c1. The van der Waals surface area contributed by atoms with Crippen LogP contribution < -0.4 is 10.8 Å². The van der Waals surface area contributed by atoms with Crippen molar-refractivity contribution in [2.45, 2.75) is 71.0 Å². The molecule has 0 radical (unpaired) electrons. The molecule has 1 aromatic rings. The van der Waals surface area contributed by atoms with Crippen molar-refractivity contribution < 1.29 is 39.3 Å². The summed E-state index contributed by atoms with van der Waals surface area (Å²) in [4.78, 5) is 36.3. The van der Waals surface area contributed by atoms with Crippen LogP contribution in [0.2, 0.25) is 0 Å². The Morgan fingerprint density at radius 2 is 1.45 bits per heavy atom. The van der Waals surface area contributed by atoms with Crippen LogP contribution in [0.5, 0.6) is 0 Å². The first kappa shape index (κ1) is 28.3. The average Bonchev–Trinajstić information content (AvgIpc) is 2.74. The molecule has 0 aliphatic carbocycles. The van der Waals surface area contributed by atoms with E-state index in [0.29, 0.717) is 19.4 Å². The first-order valence-electron chi connectivity index (χ1n) is 10.9. The molecule has 0 atom stereocenters. The van der Waals surface area contributed by atoms with Crippen molar-refractivity contribution in [3.05, 3.63) is 34.9 Å². The summed E-state index contributed by atoms with van der Waals surface area (Å²) in [6, 6.07) is 4.03. The highest BCUT2D eigenvalue weighted by Crippen LogP contribution is 2.21. The van der Waals surface area contributed by atoms with Crippen molar-refractivity contribution in [1.29, 1.82) is 0 Å². The third kappa shape index (κ3) is 10.6. The summed E-state index contributed by atoms with van der Waals surface area (Å²) in [6.45, 7) is 6.43. The molecule has 0 aliphatic heterocycles. The highest BCUT2D eigenvalue weighted by Gasteiger charge is 2.26. The number of unbranched alkanes of at least 4 members (excludes halogenated alkanes) is 2. The number of carbonyl (C=O) groups is 3. The first-order chi connectivity index (χ1) is 15.4. The second kappa shape index (κ2) is 13.1. The summed E-state index contributed by atoms with van der Waals surface area (Å²) in [5.74, 6) is -1.29. The van der Waals surface area contributed by atoms with E-state index in [-0.39, 0.29) is 30.8 Å². The van der Waals surface area contributed by atoms with Gasteiger partial charge in [0, 0.05) is 19.6 Å². The predicted molar refractivity (Wildman–Crippen MR) is 120 cm³/mol. The number of urea groups is 1. The monoisotopic (exact) mass is 468 g/mol. The fourth-order valence-corrected chi connectivity index (χ4v) is 2.92. The van der Waals surface area contributed by atoms with E-state index < -0.39 is 29.2 Å². The van der Waals surface area contributed by atoms with Gasteiger partial charge in [0.05, 0.1) is 17.7 Å². The number of hydrogen-bond acceptors (Lipinski definition) is 8. The third-order valence-corrected chi connectivity index (χ3v) is 4.83. The Labute approximate surface area is 194 Å². The van der Waals surface area contributed by atoms with Gasteiger partial charge in [-0.2, -0.15) is 0 Å². The van der Waals surface area contributed by atoms with Crippen LogP contribution >= 0.6 is 0 Å². The Kier molecular flexibility index (Phi) is 11.3. The summed E-state index contributed by atoms with van der Waals surface area (Å²) >= 11 is 0. The molecule has 0 saturated heterocycles. The van der Waals surface area contributed by atoms with Gasteiger partial charge in [-0.15, -0.1) is 0 Å². The van der Waals surface area contributed by atoms with Gasteiger partial charge < -0.3 is 25.0 Å². The molecule has 0 aromatic heterocycles. The largest absolute Gasteiger partial charge is 0.456 e. The van der Waals surface area contributed by atoms with Gasteiger partial charge >= 0.3 is 18.0 Å². The predicted octanol–water partition coefficient (Wildman–Crippen LogP) is 2.33. The Hall–Kier alpha value is -2.69. The zero-order valence-corrected chi connectivity index (χ0v) is 19.8. The molecule has 0 spiro atoms. The molecular weight excluding hydrogens is 432 g/mol. The molecule has 0 saturated carbocycles. The first-order valence-corrected chi connectivity index (χ1v) is 10.9. The molecule has 10 heteroatoms. The summed E-state index contributed by atoms with van der Waals surface area (Å²) in [6.07, 6.45) is 3.01. The number of aliphatic hydroxyl groups is 2. The molecule has 33 heavy (non-hydrogen) atoms. The Morgan fingerprint density at radius 1 is 0.879 bits per heavy atom. The Balaban J connectivity index is 2.97. The number of nitrogens with one attached hydrogen (secondary N) is 2. The number of esters is 2. The molecule has 0 bridgehead atoms. The number of carbonyl (C=O) groups excluding carboxylic acids is 3. The van der Waals surface area contributed by atoms with E-state index in [1.54, 1.807) is 39.8 Å². The van der Waals surface area contributed by atoms with E-state index in [0.717, 1.165) is 18.4 Å². The van der Waals surface area contributed by atoms with Crippen molar-refractivity contribution in [1.82, 2.24) is 10.8 Å². The molecule has 5 N–H and O–H groups in total. The van der Waals surface area contributed by atoms with E-state index in [4.69, 9.17) is 19.8 Å². The van der Waals surface area contributed by atoms with E-state index >= 15 is 0 Å². The van der Waals surface area contributed by atoms with Crippen LogP contribution in [0.15, 0.2) is 18.2 Å². The fourth-order valence-electron chi connectivity index (χ4n) is 2.92. The van der Waals surface area contributed by atoms with E-state index in [1.807, 2.05) is 0 Å². The van der Waals surface area contributed by atoms with E-state index in [2.05, 4.69) is 5.32 Å². The van der Waals surface area contributed by atoms with Gasteiger partial charge in [0.1, 0.15) is 11.2 Å². The van der Waals surface area contributed by atoms with Crippen LogP contribution in [0.1, 0.15) is 79.7 Å². The summed E-state index contributed by atoms with van der Waals surface area (Å²) in [7, 11) is 0. The topological polar surface area (TPSA) is 154 Å². The van der Waals surface area contributed by atoms with E-state index in [1.165, 1.54) is 11.5 Å². The Bertz CT molecular complexity index is 808. The maximum Gasteiger partial charge on any atom is 0.338 e. The second-order valence-corrected chi connectivity index (χ2v) is 9.03. The fraction of sp³-hybridized carbons (Fsp3) is 0.609. The smallest absolute Gasteiger partial charge is 0.338 e. The summed E-state index contributed by atoms with van der Waals surface area (Å²) in [5, 5.41) is 29.5. The number of aliphatic hydroxyl groups excluding tert-OH is 2. The maximum atomic E-state index is 12.7. The minimum Gasteiger partial charge on any atom is -0.456 e. The van der Waals surface area contributed by atoms with Crippen LogP contribution in [0.25, 0.3) is 0 Å². The van der Waals surface area contributed by atoms with Crippen molar-refractivity contribution in [2.75, 3.05) is 19.8 Å². The molecule has 186 valence electrons. The number of hydrogen-bond donors (Lipinski definition) is 5. The molecule has 0 unspecified atom stereocenters. The van der Waals surface area contributed by atoms with Crippen LogP contribution in [0.4, 0.5) is 4.79 Å². The normalized spacial score (nSPS) is 11.6. The molecule has 0 heterocycles. The van der Waals surface area contributed by atoms with Crippen molar-refractivity contribution in [3.8, 4) is 0 Å². The lowest BCUT2D eigenvalue weighted by Gasteiger charge is -2.25. The van der Waals surface area contributed by atoms with Gasteiger partial charge in [-0.1, -0.05) is 6.42 Å². The number of hydroxylamine groups is 1. The van der Waals surface area contributed by atoms with Gasteiger partial charge in [-0.05, 0) is 70.7 Å². The highest BCUT2D eigenvalue weighted by molar-refractivity contribution is 5.96. The maximum absolute atomic E-state index is 12.7. The number of aryl methyl sites for hydroxylation is 1. The summed E-state index contributed by atoms with van der Waals surface area (Å²) < 4.78 is 10.9. The van der Waals surface area contributed by atoms with Crippen LogP contribution in [0, 0.1) is 0 Å². The molecule has 1 aromatic carbocycles. The van der Waals surface area contributed by atoms with Crippen LogP contribution in [0.3, 0.4) is 0 Å². The minimum absolute atomic E-state index is 0.136. The van der Waals surface area contributed by atoms with E-state index in [9.17, 15) is 19.5 Å². The van der Waals surface area contributed by atoms with Gasteiger partial charge in [0.2, 0.25) is 0 Å². The van der Waals surface area contributed by atoms with Crippen LogP contribution in [-0.2, 0) is 15.9 Å². The molecule has 10 nitrogen and oxygen atoms in total. The molecule has 0 fully saturated rings. The quantitative estimate of drug-likeness (QED) is 0.128. The van der Waals surface area contributed by atoms with Gasteiger partial charge in [0.15, 0.2) is 0 Å². The lowest BCUT2D eigenvalue weighted by Crippen LogP contribution is -2.33. The Morgan fingerprint density at radius 3 is 1.97 bits per heavy atom. The molecular formula is C23H36N2O8. The zero-order chi connectivity index (χ0) is 25.1. The number of rotatable bonds is 13. The summed E-state index contributed by atoms with van der Waals surface area (Å²) in [5.41, 5.74) is 0.627. The molecule has 0 aliphatic rings. The number of amides is 2. The minimum atomic E-state index is -1.08. The van der Waals surface area contributed by atoms with Gasteiger partial charge in [-0.25, -0.2) is 19.9 Å². The zero-order valence-electron chi connectivity index (χ0n) is 19.8. The average molecular weight is 469 g/mol. The van der Waals surface area contributed by atoms with Crippen molar-refractivity contribution >= 4 is 18.0 Å². The lowest BCUT2D eigenvalue weighted by atomic mass is 10.00. The van der Waals surface area contributed by atoms with Gasteiger partial charge in [0.25, 0.3) is 0 Å². The van der Waals surface area contributed by atoms with Crippen molar-refractivity contribution in [2.24, 2.45) is 0 Å².